The summed E-state index contributed by atoms with van der Waals surface area (Å²) in [6, 6.07) is 0. The number of aromatic nitrogens is 2. The molecule has 4 heterocycles. The molecule has 1 amide bonds. The molecule has 4 rings (SSSR count). The van der Waals surface area contributed by atoms with Crippen LogP contribution in [-0.2, 0) is 4.74 Å². The van der Waals surface area contributed by atoms with Crippen molar-refractivity contribution in [3.63, 3.8) is 0 Å². The summed E-state index contributed by atoms with van der Waals surface area (Å²) in [4.78, 5) is 24.0. The van der Waals surface area contributed by atoms with E-state index in [1.165, 1.54) is 0 Å². The molecular weight excluding hydrogens is 332 g/mol. The van der Waals surface area contributed by atoms with Gasteiger partial charge in [0.1, 0.15) is 11.5 Å². The molecule has 7 heteroatoms. The Kier molecular flexibility index (Phi) is 5.03. The first-order valence-electron chi connectivity index (χ1n) is 9.86. The van der Waals surface area contributed by atoms with Crippen molar-refractivity contribution < 1.29 is 14.6 Å². The predicted octanol–water partition coefficient (Wildman–Crippen LogP) is 1.19. The molecule has 0 aliphatic carbocycles. The second kappa shape index (κ2) is 7.29. The Bertz CT molecular complexity index is 638. The molecule has 1 aromatic heterocycles. The van der Waals surface area contributed by atoms with Gasteiger partial charge in [-0.05, 0) is 51.0 Å². The van der Waals surface area contributed by atoms with Crippen LogP contribution >= 0.6 is 0 Å². The number of rotatable bonds is 3. The molecule has 0 radical (unpaired) electrons. The average Bonchev–Trinajstić information content (AvgIpc) is 3.22. The smallest absolute Gasteiger partial charge is 0.271 e. The zero-order chi connectivity index (χ0) is 18.1. The van der Waals surface area contributed by atoms with Crippen LogP contribution in [0.5, 0.6) is 0 Å². The number of aliphatic hydroxyl groups is 1. The molecule has 2 atom stereocenters. The number of likely N-dealkylation sites (tertiary alicyclic amines) is 2. The molecule has 0 unspecified atom stereocenters. The summed E-state index contributed by atoms with van der Waals surface area (Å²) in [5, 5.41) is 9.85. The number of aryl methyl sites for hydroxylation is 1. The van der Waals surface area contributed by atoms with Gasteiger partial charge in [0.05, 0.1) is 25.0 Å². The highest BCUT2D eigenvalue weighted by molar-refractivity contribution is 5.92. The summed E-state index contributed by atoms with van der Waals surface area (Å²) in [5.74, 6) is 0.829. The van der Waals surface area contributed by atoms with Crippen LogP contribution in [-0.4, -0.2) is 82.3 Å². The van der Waals surface area contributed by atoms with Crippen molar-refractivity contribution in [2.24, 2.45) is 5.41 Å². The first-order valence-corrected chi connectivity index (χ1v) is 9.86. The van der Waals surface area contributed by atoms with Crippen LogP contribution in [0.25, 0.3) is 0 Å². The number of β-amino-alcohol motifs (C(OH)–C–C–N with tert-alkyl or cyclic N) is 1. The molecule has 0 aromatic carbocycles. The van der Waals surface area contributed by atoms with Crippen LogP contribution in [0, 0.1) is 12.3 Å². The van der Waals surface area contributed by atoms with E-state index in [-0.39, 0.29) is 23.5 Å². The zero-order valence-corrected chi connectivity index (χ0v) is 15.6. The van der Waals surface area contributed by atoms with Crippen molar-refractivity contribution in [1.29, 1.82) is 0 Å². The van der Waals surface area contributed by atoms with Gasteiger partial charge < -0.3 is 19.7 Å². The fourth-order valence-electron chi connectivity index (χ4n) is 4.73. The number of carbonyl (C=O) groups excluding carboxylic acids is 1. The van der Waals surface area contributed by atoms with Crippen LogP contribution in [0.3, 0.4) is 0 Å². The van der Waals surface area contributed by atoms with Crippen molar-refractivity contribution in [1.82, 2.24) is 19.8 Å². The van der Waals surface area contributed by atoms with Crippen molar-refractivity contribution in [2.45, 2.75) is 51.2 Å². The number of imidazole rings is 1. The molecule has 144 valence electrons. The van der Waals surface area contributed by atoms with Gasteiger partial charge in [-0.3, -0.25) is 9.69 Å². The lowest BCUT2D eigenvalue weighted by molar-refractivity contribution is 0.0227. The van der Waals surface area contributed by atoms with E-state index in [1.54, 1.807) is 6.20 Å². The molecular formula is C19H30N4O3. The Morgan fingerprint density at radius 1 is 1.42 bits per heavy atom. The van der Waals surface area contributed by atoms with E-state index in [2.05, 4.69) is 14.9 Å². The van der Waals surface area contributed by atoms with E-state index in [0.29, 0.717) is 5.69 Å². The van der Waals surface area contributed by atoms with Gasteiger partial charge in [0.15, 0.2) is 0 Å². The van der Waals surface area contributed by atoms with E-state index in [4.69, 9.17) is 4.74 Å². The largest absolute Gasteiger partial charge is 0.392 e. The number of hydrogen-bond acceptors (Lipinski definition) is 5. The van der Waals surface area contributed by atoms with Gasteiger partial charge in [0, 0.05) is 26.2 Å². The van der Waals surface area contributed by atoms with Crippen LogP contribution in [0.1, 0.15) is 48.4 Å². The minimum Gasteiger partial charge on any atom is -0.392 e. The Labute approximate surface area is 154 Å². The highest BCUT2D eigenvalue weighted by atomic mass is 16.5. The predicted molar refractivity (Wildman–Crippen MR) is 96.9 cm³/mol. The Morgan fingerprint density at radius 2 is 2.23 bits per heavy atom. The van der Waals surface area contributed by atoms with Gasteiger partial charge in [-0.15, -0.1) is 0 Å². The number of carbonyl (C=O) groups is 1. The lowest BCUT2D eigenvalue weighted by Gasteiger charge is -2.38. The van der Waals surface area contributed by atoms with Gasteiger partial charge in [-0.25, -0.2) is 4.98 Å². The molecule has 2 N–H and O–H groups in total. The normalized spacial score (nSPS) is 29.4. The third-order valence-corrected chi connectivity index (χ3v) is 6.27. The van der Waals surface area contributed by atoms with Crippen molar-refractivity contribution in [2.75, 3.05) is 39.3 Å². The van der Waals surface area contributed by atoms with Crippen LogP contribution in [0.15, 0.2) is 6.20 Å². The number of nitrogens with one attached hydrogen (secondary N) is 1. The quantitative estimate of drug-likeness (QED) is 0.844. The Hall–Kier alpha value is -1.44. The third-order valence-electron chi connectivity index (χ3n) is 6.27. The fraction of sp³-hybridized carbons (Fsp3) is 0.789. The van der Waals surface area contributed by atoms with Crippen LogP contribution < -0.4 is 0 Å². The monoisotopic (exact) mass is 362 g/mol. The maximum Gasteiger partial charge on any atom is 0.271 e. The fourth-order valence-corrected chi connectivity index (χ4v) is 4.73. The second-order valence-electron chi connectivity index (χ2n) is 8.37. The number of aliphatic hydroxyl groups excluding tert-OH is 1. The van der Waals surface area contributed by atoms with Gasteiger partial charge in [0.2, 0.25) is 0 Å². The summed E-state index contributed by atoms with van der Waals surface area (Å²) >= 11 is 0. The van der Waals surface area contributed by atoms with Crippen LogP contribution in [0.2, 0.25) is 0 Å². The molecule has 3 fully saturated rings. The van der Waals surface area contributed by atoms with Gasteiger partial charge in [0.25, 0.3) is 5.91 Å². The molecule has 1 spiro atoms. The van der Waals surface area contributed by atoms with Gasteiger partial charge in [-0.2, -0.15) is 0 Å². The number of piperidine rings is 2. The number of nitrogens with zero attached hydrogens (tertiary/aromatic N) is 3. The molecule has 0 bridgehead atoms. The third kappa shape index (κ3) is 3.80. The minimum atomic E-state index is -0.181. The number of hydrogen-bond donors (Lipinski definition) is 2. The van der Waals surface area contributed by atoms with Gasteiger partial charge >= 0.3 is 0 Å². The topological polar surface area (TPSA) is 81.7 Å². The standard InChI is InChI=1S/C19H30N4O3/c1-14-20-10-17(21-14)18(25)23-7-4-19(5-8-23)9-16(26-13-19)12-22-6-2-3-15(24)11-22/h10,15-16,24H,2-9,11-13H2,1H3,(H,20,21)/t15-,16+/m1/s1. The highest BCUT2D eigenvalue weighted by Gasteiger charge is 2.43. The summed E-state index contributed by atoms with van der Waals surface area (Å²) in [7, 11) is 0. The van der Waals surface area contributed by atoms with Crippen LogP contribution in [0.4, 0.5) is 0 Å². The summed E-state index contributed by atoms with van der Waals surface area (Å²) in [6.45, 7) is 7.01. The van der Waals surface area contributed by atoms with Crippen molar-refractivity contribution >= 4 is 5.91 Å². The van der Waals surface area contributed by atoms with Crippen molar-refractivity contribution in [3.8, 4) is 0 Å². The minimum absolute atomic E-state index is 0.0539. The van der Waals surface area contributed by atoms with E-state index < -0.39 is 0 Å². The molecule has 3 aliphatic rings. The maximum atomic E-state index is 12.6. The van der Waals surface area contributed by atoms with E-state index in [1.807, 2.05) is 11.8 Å². The van der Waals surface area contributed by atoms with Gasteiger partial charge in [-0.1, -0.05) is 0 Å². The number of aromatic amines is 1. The molecule has 3 saturated heterocycles. The van der Waals surface area contributed by atoms with E-state index >= 15 is 0 Å². The second-order valence-corrected chi connectivity index (χ2v) is 8.37. The maximum absolute atomic E-state index is 12.6. The van der Waals surface area contributed by atoms with E-state index in [0.717, 1.165) is 77.3 Å². The Balaban J connectivity index is 1.28. The number of ether oxygens (including phenoxy) is 1. The number of H-pyrrole nitrogens is 1. The molecule has 1 aromatic rings. The number of amides is 1. The van der Waals surface area contributed by atoms with E-state index in [9.17, 15) is 9.90 Å². The molecule has 3 aliphatic heterocycles. The molecule has 26 heavy (non-hydrogen) atoms. The summed E-state index contributed by atoms with van der Waals surface area (Å²) in [5.41, 5.74) is 0.808. The molecule has 0 saturated carbocycles. The SMILES string of the molecule is Cc1ncc(C(=O)N2CCC3(CC2)CO[C@H](CN2CCC[C@@H](O)C2)C3)[nH]1. The van der Waals surface area contributed by atoms with Crippen molar-refractivity contribution in [3.05, 3.63) is 17.7 Å². The Morgan fingerprint density at radius 3 is 2.92 bits per heavy atom. The summed E-state index contributed by atoms with van der Waals surface area (Å²) in [6.07, 6.45) is 6.79. The molecule has 7 nitrogen and oxygen atoms in total. The summed E-state index contributed by atoms with van der Waals surface area (Å²) < 4.78 is 6.13. The first kappa shape index (κ1) is 17.9. The highest BCUT2D eigenvalue weighted by Crippen LogP contribution is 2.42. The lowest BCUT2D eigenvalue weighted by Crippen LogP contribution is -2.44. The first-order chi connectivity index (χ1) is 12.5. The zero-order valence-electron chi connectivity index (χ0n) is 15.6. The lowest BCUT2D eigenvalue weighted by atomic mass is 9.76. The average molecular weight is 362 g/mol.